The van der Waals surface area contributed by atoms with Crippen LogP contribution in [0.15, 0.2) is 12.7 Å². The predicted molar refractivity (Wildman–Crippen MR) is 73.2 cm³/mol. The Morgan fingerprint density at radius 2 is 1.89 bits per heavy atom. The summed E-state index contributed by atoms with van der Waals surface area (Å²) >= 11 is 0. The van der Waals surface area contributed by atoms with E-state index in [-0.39, 0.29) is 17.1 Å². The standard InChI is InChI=1S/C15H24O3/c1-6-9-15(11-17-4,12-18-5)10-7-8-14(16)13(2)3/h6,13H,1,9-12H2,2-5H3. The fourth-order valence-electron chi connectivity index (χ4n) is 1.72. The maximum Gasteiger partial charge on any atom is 0.207 e. The van der Waals surface area contributed by atoms with Gasteiger partial charge in [-0.15, -0.1) is 6.58 Å². The monoisotopic (exact) mass is 252 g/mol. The quantitative estimate of drug-likeness (QED) is 0.378. The second kappa shape index (κ2) is 8.91. The first-order chi connectivity index (χ1) is 8.51. The number of hydrogen-bond acceptors (Lipinski definition) is 3. The lowest BCUT2D eigenvalue weighted by atomic mass is 9.83. The van der Waals surface area contributed by atoms with Gasteiger partial charge in [-0.2, -0.15) is 0 Å². The van der Waals surface area contributed by atoms with E-state index in [1.165, 1.54) is 0 Å². The first-order valence-electron chi connectivity index (χ1n) is 6.13. The van der Waals surface area contributed by atoms with Crippen LogP contribution in [0.1, 0.15) is 26.7 Å². The van der Waals surface area contributed by atoms with Gasteiger partial charge in [-0.3, -0.25) is 4.79 Å². The Morgan fingerprint density at radius 3 is 2.28 bits per heavy atom. The van der Waals surface area contributed by atoms with Gasteiger partial charge in [0.05, 0.1) is 13.2 Å². The number of allylic oxidation sites excluding steroid dienone is 1. The predicted octanol–water partition coefficient (Wildman–Crippen LogP) is 2.46. The van der Waals surface area contributed by atoms with E-state index in [4.69, 9.17) is 9.47 Å². The van der Waals surface area contributed by atoms with Crippen LogP contribution in [0.2, 0.25) is 0 Å². The summed E-state index contributed by atoms with van der Waals surface area (Å²) in [5.41, 5.74) is -0.213. The van der Waals surface area contributed by atoms with Gasteiger partial charge >= 0.3 is 0 Å². The van der Waals surface area contributed by atoms with Crippen molar-refractivity contribution in [2.24, 2.45) is 11.3 Å². The molecule has 0 aliphatic heterocycles. The van der Waals surface area contributed by atoms with Crippen molar-refractivity contribution in [3.8, 4) is 11.8 Å². The van der Waals surface area contributed by atoms with Gasteiger partial charge < -0.3 is 9.47 Å². The van der Waals surface area contributed by atoms with Crippen molar-refractivity contribution in [2.75, 3.05) is 27.4 Å². The normalized spacial score (nSPS) is 10.9. The van der Waals surface area contributed by atoms with Gasteiger partial charge in [-0.05, 0) is 12.3 Å². The Hall–Kier alpha value is -1.11. The fraction of sp³-hybridized carbons (Fsp3) is 0.667. The van der Waals surface area contributed by atoms with Crippen molar-refractivity contribution in [2.45, 2.75) is 26.7 Å². The molecule has 0 aromatic carbocycles. The van der Waals surface area contributed by atoms with Gasteiger partial charge in [-0.25, -0.2) is 0 Å². The zero-order chi connectivity index (χ0) is 14.0. The van der Waals surface area contributed by atoms with E-state index in [1.54, 1.807) is 14.2 Å². The summed E-state index contributed by atoms with van der Waals surface area (Å²) in [7, 11) is 3.31. The Labute approximate surface area is 111 Å². The number of hydrogen-bond donors (Lipinski definition) is 0. The van der Waals surface area contributed by atoms with Gasteiger partial charge in [0.1, 0.15) is 0 Å². The van der Waals surface area contributed by atoms with Crippen LogP contribution >= 0.6 is 0 Å². The van der Waals surface area contributed by atoms with Gasteiger partial charge in [0.2, 0.25) is 5.78 Å². The van der Waals surface area contributed by atoms with Crippen LogP contribution in [0.3, 0.4) is 0 Å². The minimum Gasteiger partial charge on any atom is -0.384 e. The molecule has 3 nitrogen and oxygen atoms in total. The zero-order valence-corrected chi connectivity index (χ0v) is 11.9. The molecule has 0 fully saturated rings. The van der Waals surface area contributed by atoms with Crippen molar-refractivity contribution in [1.82, 2.24) is 0 Å². The Kier molecular flexibility index (Phi) is 8.36. The summed E-state index contributed by atoms with van der Waals surface area (Å²) in [6.07, 6.45) is 3.16. The minimum atomic E-state index is -0.213. The van der Waals surface area contributed by atoms with E-state index in [2.05, 4.69) is 18.4 Å². The van der Waals surface area contributed by atoms with Crippen LogP contribution in [0.25, 0.3) is 0 Å². The number of ether oxygens (including phenoxy) is 2. The topological polar surface area (TPSA) is 35.5 Å². The maximum atomic E-state index is 11.4. The van der Waals surface area contributed by atoms with E-state index in [0.717, 1.165) is 6.42 Å². The molecule has 0 saturated heterocycles. The van der Waals surface area contributed by atoms with Crippen molar-refractivity contribution in [3.63, 3.8) is 0 Å². The molecular weight excluding hydrogens is 228 g/mol. The van der Waals surface area contributed by atoms with Crippen LogP contribution in [0, 0.1) is 23.2 Å². The van der Waals surface area contributed by atoms with Crippen LogP contribution < -0.4 is 0 Å². The van der Waals surface area contributed by atoms with E-state index < -0.39 is 0 Å². The molecule has 18 heavy (non-hydrogen) atoms. The number of methoxy groups -OCH3 is 2. The molecule has 0 amide bonds. The minimum absolute atomic E-state index is 0.0302. The van der Waals surface area contributed by atoms with E-state index in [0.29, 0.717) is 19.6 Å². The third kappa shape index (κ3) is 6.00. The van der Waals surface area contributed by atoms with E-state index in [9.17, 15) is 4.79 Å². The molecule has 0 heterocycles. The van der Waals surface area contributed by atoms with Crippen molar-refractivity contribution >= 4 is 5.78 Å². The van der Waals surface area contributed by atoms with Gasteiger partial charge in [0.15, 0.2) is 0 Å². The average molecular weight is 252 g/mol. The second-order valence-corrected chi connectivity index (χ2v) is 4.86. The average Bonchev–Trinajstić information content (AvgIpc) is 2.29. The first-order valence-corrected chi connectivity index (χ1v) is 6.13. The van der Waals surface area contributed by atoms with Gasteiger partial charge in [-0.1, -0.05) is 25.8 Å². The number of Topliss-reactive ketones (excluding diaryl/α,β-unsaturated/α-hetero) is 1. The molecule has 0 unspecified atom stereocenters. The zero-order valence-electron chi connectivity index (χ0n) is 11.9. The second-order valence-electron chi connectivity index (χ2n) is 4.86. The lowest BCUT2D eigenvalue weighted by Gasteiger charge is -2.29. The third-order valence-electron chi connectivity index (χ3n) is 2.68. The first kappa shape index (κ1) is 16.9. The lowest BCUT2D eigenvalue weighted by molar-refractivity contribution is -0.116. The largest absolute Gasteiger partial charge is 0.384 e. The van der Waals surface area contributed by atoms with Crippen molar-refractivity contribution < 1.29 is 14.3 Å². The van der Waals surface area contributed by atoms with Gasteiger partial charge in [0.25, 0.3) is 0 Å². The summed E-state index contributed by atoms with van der Waals surface area (Å²) in [5.74, 6) is 5.56. The molecule has 0 atom stereocenters. The SMILES string of the molecule is C=CCC(CC#CC(=O)C(C)C)(COC)COC. The molecule has 102 valence electrons. The summed E-state index contributed by atoms with van der Waals surface area (Å²) in [6.45, 7) is 8.52. The van der Waals surface area contributed by atoms with Crippen molar-refractivity contribution in [1.29, 1.82) is 0 Å². The van der Waals surface area contributed by atoms with Crippen molar-refractivity contribution in [3.05, 3.63) is 12.7 Å². The molecule has 0 rings (SSSR count). The number of carbonyl (C=O) groups excluding carboxylic acids is 1. The smallest absolute Gasteiger partial charge is 0.207 e. The van der Waals surface area contributed by atoms with Gasteiger partial charge in [0, 0.05) is 32.0 Å². The molecular formula is C15H24O3. The van der Waals surface area contributed by atoms with Crippen LogP contribution in [0.5, 0.6) is 0 Å². The number of rotatable bonds is 8. The Morgan fingerprint density at radius 1 is 1.33 bits per heavy atom. The molecule has 0 aliphatic rings. The number of ketones is 1. The lowest BCUT2D eigenvalue weighted by Crippen LogP contribution is -2.31. The van der Waals surface area contributed by atoms with E-state index >= 15 is 0 Å². The summed E-state index contributed by atoms with van der Waals surface area (Å²) in [5, 5.41) is 0. The fourth-order valence-corrected chi connectivity index (χ4v) is 1.72. The molecule has 0 bridgehead atoms. The summed E-state index contributed by atoms with van der Waals surface area (Å²) in [4.78, 5) is 11.4. The molecule has 0 N–H and O–H groups in total. The van der Waals surface area contributed by atoms with Crippen LogP contribution in [-0.4, -0.2) is 33.2 Å². The highest BCUT2D eigenvalue weighted by molar-refractivity contribution is 5.96. The Balaban J connectivity index is 4.75. The molecule has 0 saturated carbocycles. The molecule has 0 spiro atoms. The maximum absolute atomic E-state index is 11.4. The molecule has 3 heteroatoms. The Bertz CT molecular complexity index is 314. The summed E-state index contributed by atoms with van der Waals surface area (Å²) in [6, 6.07) is 0. The molecule has 0 radical (unpaired) electrons. The van der Waals surface area contributed by atoms with Crippen LogP contribution in [-0.2, 0) is 14.3 Å². The molecule has 0 aromatic heterocycles. The number of carbonyl (C=O) groups is 1. The highest BCUT2D eigenvalue weighted by atomic mass is 16.5. The summed E-state index contributed by atoms with van der Waals surface area (Å²) < 4.78 is 10.5. The molecule has 0 aromatic rings. The van der Waals surface area contributed by atoms with Crippen LogP contribution in [0.4, 0.5) is 0 Å². The third-order valence-corrected chi connectivity index (χ3v) is 2.68. The highest BCUT2D eigenvalue weighted by Gasteiger charge is 2.28. The highest BCUT2D eigenvalue weighted by Crippen LogP contribution is 2.27. The van der Waals surface area contributed by atoms with E-state index in [1.807, 2.05) is 19.9 Å². The molecule has 0 aliphatic carbocycles.